The molecule has 18 heavy (non-hydrogen) atoms. The van der Waals surface area contributed by atoms with Crippen molar-refractivity contribution in [3.8, 4) is 0 Å². The minimum atomic E-state index is -0.316. The monoisotopic (exact) mass is 264 g/mol. The molecule has 0 amide bonds. The third kappa shape index (κ3) is 1.90. The van der Waals surface area contributed by atoms with Crippen molar-refractivity contribution in [3.63, 3.8) is 0 Å². The molecule has 7 heteroatoms. The number of benzene rings is 1. The largest absolute Gasteiger partial charge is 0.364 e. The number of nitro benzene ring substituents is 1. The van der Waals surface area contributed by atoms with Gasteiger partial charge in [-0.15, -0.1) is 0 Å². The average molecular weight is 264 g/mol. The molecule has 2 heterocycles. The Kier molecular flexibility index (Phi) is 2.83. The highest BCUT2D eigenvalue weighted by Gasteiger charge is 2.22. The number of thioether (sulfide) groups is 1. The Morgan fingerprint density at radius 3 is 2.89 bits per heavy atom. The molecule has 1 aromatic heterocycles. The van der Waals surface area contributed by atoms with Gasteiger partial charge in [0.2, 0.25) is 0 Å². The number of anilines is 1. The first-order valence-electron chi connectivity index (χ1n) is 5.70. The first kappa shape index (κ1) is 11.3. The molecule has 0 aliphatic carbocycles. The summed E-state index contributed by atoms with van der Waals surface area (Å²) in [7, 11) is 0. The highest BCUT2D eigenvalue weighted by molar-refractivity contribution is 7.99. The van der Waals surface area contributed by atoms with E-state index in [0.29, 0.717) is 5.69 Å². The van der Waals surface area contributed by atoms with E-state index in [1.807, 2.05) is 17.8 Å². The molecule has 0 bridgehead atoms. The highest BCUT2D eigenvalue weighted by Crippen LogP contribution is 2.33. The Morgan fingerprint density at radius 2 is 2.17 bits per heavy atom. The van der Waals surface area contributed by atoms with E-state index in [2.05, 4.69) is 15.1 Å². The predicted octanol–water partition coefficient (Wildman–Crippen LogP) is 2.02. The van der Waals surface area contributed by atoms with Crippen molar-refractivity contribution in [2.24, 2.45) is 0 Å². The molecule has 2 aromatic rings. The van der Waals surface area contributed by atoms with Gasteiger partial charge in [-0.05, 0) is 6.07 Å². The number of rotatable bonds is 2. The van der Waals surface area contributed by atoms with Crippen LogP contribution in [0.15, 0.2) is 18.3 Å². The number of H-pyrrole nitrogens is 1. The van der Waals surface area contributed by atoms with Gasteiger partial charge in [0, 0.05) is 36.0 Å². The van der Waals surface area contributed by atoms with Crippen LogP contribution < -0.4 is 4.90 Å². The van der Waals surface area contributed by atoms with Crippen molar-refractivity contribution in [1.82, 2.24) is 10.2 Å². The summed E-state index contributed by atoms with van der Waals surface area (Å²) in [5.74, 6) is 2.02. The molecule has 0 spiro atoms. The summed E-state index contributed by atoms with van der Waals surface area (Å²) in [5.41, 5.74) is 1.70. The Bertz CT molecular complexity index is 592. The van der Waals surface area contributed by atoms with Gasteiger partial charge < -0.3 is 4.90 Å². The second kappa shape index (κ2) is 4.49. The van der Waals surface area contributed by atoms with Gasteiger partial charge in [-0.25, -0.2) is 0 Å². The maximum Gasteiger partial charge on any atom is 0.293 e. The van der Waals surface area contributed by atoms with E-state index in [1.165, 1.54) is 0 Å². The van der Waals surface area contributed by atoms with Crippen LogP contribution in [0.3, 0.4) is 0 Å². The molecule has 0 atom stereocenters. The Balaban J connectivity index is 2.11. The smallest absolute Gasteiger partial charge is 0.293 e. The predicted molar refractivity (Wildman–Crippen MR) is 72.3 cm³/mol. The Morgan fingerprint density at radius 1 is 1.39 bits per heavy atom. The lowest BCUT2D eigenvalue weighted by Crippen LogP contribution is -2.32. The van der Waals surface area contributed by atoms with Crippen LogP contribution in [0.4, 0.5) is 11.4 Å². The van der Waals surface area contributed by atoms with E-state index in [4.69, 9.17) is 0 Å². The standard InChI is InChI=1S/C11H12N4O2S/c16-15(17)11-5-8-7-12-13-9(8)6-10(11)14-1-3-18-4-2-14/h5-7H,1-4H2,(H,12,13). The van der Waals surface area contributed by atoms with Gasteiger partial charge in [-0.1, -0.05) is 0 Å². The first-order valence-corrected chi connectivity index (χ1v) is 6.85. The molecule has 3 rings (SSSR count). The van der Waals surface area contributed by atoms with Crippen LogP contribution in [0.25, 0.3) is 10.9 Å². The summed E-state index contributed by atoms with van der Waals surface area (Å²) in [6.45, 7) is 1.70. The third-order valence-electron chi connectivity index (χ3n) is 3.08. The summed E-state index contributed by atoms with van der Waals surface area (Å²) in [6.07, 6.45) is 1.61. The lowest BCUT2D eigenvalue weighted by molar-refractivity contribution is -0.384. The lowest BCUT2D eigenvalue weighted by atomic mass is 10.2. The van der Waals surface area contributed by atoms with E-state index in [9.17, 15) is 10.1 Å². The summed E-state index contributed by atoms with van der Waals surface area (Å²) in [6, 6.07) is 3.42. The number of aromatic nitrogens is 2. The summed E-state index contributed by atoms with van der Waals surface area (Å²) < 4.78 is 0. The van der Waals surface area contributed by atoms with Gasteiger partial charge >= 0.3 is 0 Å². The van der Waals surface area contributed by atoms with Crippen LogP contribution in [0.1, 0.15) is 0 Å². The van der Waals surface area contributed by atoms with Gasteiger partial charge in [0.15, 0.2) is 0 Å². The molecule has 1 aliphatic rings. The molecular weight excluding hydrogens is 252 g/mol. The fraction of sp³-hybridized carbons (Fsp3) is 0.364. The zero-order valence-electron chi connectivity index (χ0n) is 9.63. The van der Waals surface area contributed by atoms with Crippen molar-refractivity contribution < 1.29 is 4.92 Å². The normalized spacial score (nSPS) is 16.1. The van der Waals surface area contributed by atoms with Crippen LogP contribution >= 0.6 is 11.8 Å². The lowest BCUT2D eigenvalue weighted by Gasteiger charge is -2.28. The van der Waals surface area contributed by atoms with Gasteiger partial charge in [-0.2, -0.15) is 16.9 Å². The van der Waals surface area contributed by atoms with E-state index in [-0.39, 0.29) is 10.6 Å². The van der Waals surface area contributed by atoms with Crippen LogP contribution in [0.5, 0.6) is 0 Å². The van der Waals surface area contributed by atoms with Gasteiger partial charge in [0.1, 0.15) is 5.69 Å². The van der Waals surface area contributed by atoms with Crippen LogP contribution in [-0.2, 0) is 0 Å². The molecular formula is C11H12N4O2S. The molecule has 6 nitrogen and oxygen atoms in total. The van der Waals surface area contributed by atoms with Crippen molar-refractivity contribution >= 4 is 34.0 Å². The molecule has 1 saturated heterocycles. The van der Waals surface area contributed by atoms with Gasteiger partial charge in [-0.3, -0.25) is 15.2 Å². The van der Waals surface area contributed by atoms with Crippen LogP contribution in [0, 0.1) is 10.1 Å². The Hall–Kier alpha value is -1.76. The van der Waals surface area contributed by atoms with Crippen LogP contribution in [-0.4, -0.2) is 39.7 Å². The average Bonchev–Trinajstić information content (AvgIpc) is 2.85. The fourth-order valence-corrected chi connectivity index (χ4v) is 3.07. The van der Waals surface area contributed by atoms with E-state index >= 15 is 0 Å². The van der Waals surface area contributed by atoms with E-state index < -0.39 is 0 Å². The van der Waals surface area contributed by atoms with Crippen molar-refractivity contribution in [2.75, 3.05) is 29.5 Å². The molecule has 1 N–H and O–H groups in total. The topological polar surface area (TPSA) is 75.1 Å². The number of nitro groups is 1. The van der Waals surface area contributed by atoms with E-state index in [1.54, 1.807) is 12.3 Å². The number of hydrogen-bond donors (Lipinski definition) is 1. The molecule has 0 saturated carbocycles. The van der Waals surface area contributed by atoms with Crippen molar-refractivity contribution in [3.05, 3.63) is 28.4 Å². The molecule has 1 fully saturated rings. The molecule has 1 aliphatic heterocycles. The summed E-state index contributed by atoms with van der Waals surface area (Å²) in [5, 5.41) is 18.7. The minimum Gasteiger partial charge on any atom is -0.364 e. The zero-order chi connectivity index (χ0) is 12.5. The highest BCUT2D eigenvalue weighted by atomic mass is 32.2. The molecule has 0 unspecified atom stereocenters. The van der Waals surface area contributed by atoms with Crippen molar-refractivity contribution in [1.29, 1.82) is 0 Å². The number of fused-ring (bicyclic) bond motifs is 1. The molecule has 1 aromatic carbocycles. The second-order valence-electron chi connectivity index (χ2n) is 4.15. The maximum absolute atomic E-state index is 11.2. The van der Waals surface area contributed by atoms with Crippen LogP contribution in [0.2, 0.25) is 0 Å². The molecule has 0 radical (unpaired) electrons. The first-order chi connectivity index (χ1) is 8.75. The van der Waals surface area contributed by atoms with E-state index in [0.717, 1.165) is 35.5 Å². The maximum atomic E-state index is 11.2. The van der Waals surface area contributed by atoms with Gasteiger partial charge in [0.25, 0.3) is 5.69 Å². The quantitative estimate of drug-likeness (QED) is 0.663. The molecule has 94 valence electrons. The number of nitrogens with zero attached hydrogens (tertiary/aromatic N) is 3. The Labute approximate surface area is 108 Å². The number of nitrogens with one attached hydrogen (secondary N) is 1. The number of hydrogen-bond acceptors (Lipinski definition) is 5. The third-order valence-corrected chi connectivity index (χ3v) is 4.03. The second-order valence-corrected chi connectivity index (χ2v) is 5.38. The SMILES string of the molecule is O=[N+]([O-])c1cc2cn[nH]c2cc1N1CCSCC1. The summed E-state index contributed by atoms with van der Waals surface area (Å²) >= 11 is 1.88. The minimum absolute atomic E-state index is 0.163. The fourth-order valence-electron chi connectivity index (χ4n) is 2.17. The van der Waals surface area contributed by atoms with Crippen molar-refractivity contribution in [2.45, 2.75) is 0 Å². The van der Waals surface area contributed by atoms with Gasteiger partial charge in [0.05, 0.1) is 16.6 Å². The zero-order valence-corrected chi connectivity index (χ0v) is 10.4. The number of aromatic amines is 1. The summed E-state index contributed by atoms with van der Waals surface area (Å²) in [4.78, 5) is 12.9.